The highest BCUT2D eigenvalue weighted by Crippen LogP contribution is 2.24. The molecule has 3 N–H and O–H groups in total. The topological polar surface area (TPSA) is 71.6 Å². The molecule has 0 aliphatic carbocycles. The first-order valence-electron chi connectivity index (χ1n) is 9.28. The number of aromatic amines is 1. The van der Waals surface area contributed by atoms with E-state index in [4.69, 9.17) is 0 Å². The molecule has 1 fully saturated rings. The number of piperazine rings is 1. The first-order chi connectivity index (χ1) is 13.2. The number of rotatable bonds is 5. The van der Waals surface area contributed by atoms with Crippen LogP contribution in [0.3, 0.4) is 0 Å². The van der Waals surface area contributed by atoms with Crippen LogP contribution >= 0.6 is 0 Å². The molecule has 0 spiro atoms. The van der Waals surface area contributed by atoms with Gasteiger partial charge in [-0.05, 0) is 18.2 Å². The van der Waals surface area contributed by atoms with Crippen LogP contribution in [0.4, 0.5) is 0 Å². The number of hydrazine groups is 1. The van der Waals surface area contributed by atoms with E-state index in [1.165, 1.54) is 0 Å². The van der Waals surface area contributed by atoms with E-state index < -0.39 is 6.10 Å². The summed E-state index contributed by atoms with van der Waals surface area (Å²) in [5.74, 6) is -0.0807. The van der Waals surface area contributed by atoms with Crippen LogP contribution < -0.4 is 5.43 Å². The average Bonchev–Trinajstić information content (AvgIpc) is 3.14. The van der Waals surface area contributed by atoms with Gasteiger partial charge in [-0.25, -0.2) is 5.01 Å². The molecule has 1 aromatic heterocycles. The van der Waals surface area contributed by atoms with Gasteiger partial charge in [-0.1, -0.05) is 36.4 Å². The van der Waals surface area contributed by atoms with E-state index in [-0.39, 0.29) is 5.91 Å². The van der Waals surface area contributed by atoms with E-state index >= 15 is 0 Å². The van der Waals surface area contributed by atoms with Gasteiger partial charge in [0.15, 0.2) is 0 Å². The predicted octanol–water partition coefficient (Wildman–Crippen LogP) is 2.16. The van der Waals surface area contributed by atoms with Crippen molar-refractivity contribution in [2.24, 2.45) is 0 Å². The van der Waals surface area contributed by atoms with Gasteiger partial charge in [0.2, 0.25) is 0 Å². The van der Waals surface area contributed by atoms with Gasteiger partial charge in [-0.2, -0.15) is 0 Å². The summed E-state index contributed by atoms with van der Waals surface area (Å²) in [5, 5.41) is 13.7. The summed E-state index contributed by atoms with van der Waals surface area (Å²) in [6.45, 7) is 3.66. The molecule has 1 saturated heterocycles. The average molecular weight is 364 g/mol. The van der Waals surface area contributed by atoms with Crippen molar-refractivity contribution < 1.29 is 9.90 Å². The molecule has 1 aliphatic heterocycles. The van der Waals surface area contributed by atoms with Gasteiger partial charge in [-0.15, -0.1) is 0 Å². The second-order valence-electron chi connectivity index (χ2n) is 6.90. The second kappa shape index (κ2) is 7.92. The van der Waals surface area contributed by atoms with Crippen LogP contribution in [0.5, 0.6) is 0 Å². The van der Waals surface area contributed by atoms with Crippen LogP contribution in [0.25, 0.3) is 10.9 Å². The lowest BCUT2D eigenvalue weighted by atomic mass is 10.1. The fourth-order valence-electron chi connectivity index (χ4n) is 3.55. The largest absolute Gasteiger partial charge is 0.387 e. The number of hydrogen-bond donors (Lipinski definition) is 3. The Morgan fingerprint density at radius 3 is 2.52 bits per heavy atom. The summed E-state index contributed by atoms with van der Waals surface area (Å²) in [6, 6.07) is 17.2. The highest BCUT2D eigenvalue weighted by Gasteiger charge is 2.22. The van der Waals surface area contributed by atoms with Crippen LogP contribution in [0.1, 0.15) is 22.0 Å². The van der Waals surface area contributed by atoms with E-state index in [1.807, 2.05) is 65.8 Å². The Bertz CT molecular complexity index is 901. The van der Waals surface area contributed by atoms with Gasteiger partial charge in [-0.3, -0.25) is 15.1 Å². The number of benzene rings is 2. The Morgan fingerprint density at radius 2 is 1.74 bits per heavy atom. The zero-order valence-electron chi connectivity index (χ0n) is 15.1. The summed E-state index contributed by atoms with van der Waals surface area (Å²) >= 11 is 0. The van der Waals surface area contributed by atoms with Crippen molar-refractivity contribution in [2.75, 3.05) is 32.7 Å². The molecule has 1 unspecified atom stereocenters. The van der Waals surface area contributed by atoms with Gasteiger partial charge < -0.3 is 10.1 Å². The molecule has 2 aromatic carbocycles. The maximum absolute atomic E-state index is 12.2. The Balaban J connectivity index is 1.30. The number of aromatic nitrogens is 1. The molecular weight excluding hydrogens is 340 g/mol. The number of hydrogen-bond acceptors (Lipinski definition) is 4. The predicted molar refractivity (Wildman–Crippen MR) is 105 cm³/mol. The zero-order valence-corrected chi connectivity index (χ0v) is 15.1. The number of β-amino-alcohol motifs (C(OH)–C–C–N with tert-alkyl or cyclic N) is 1. The van der Waals surface area contributed by atoms with Crippen LogP contribution in [0.15, 0.2) is 60.8 Å². The molecule has 4 rings (SSSR count). The van der Waals surface area contributed by atoms with E-state index in [2.05, 4.69) is 15.3 Å². The third-order valence-corrected chi connectivity index (χ3v) is 5.08. The summed E-state index contributed by atoms with van der Waals surface area (Å²) in [7, 11) is 0. The van der Waals surface area contributed by atoms with Crippen molar-refractivity contribution >= 4 is 16.8 Å². The van der Waals surface area contributed by atoms with Crippen LogP contribution in [-0.4, -0.2) is 58.6 Å². The highest BCUT2D eigenvalue weighted by molar-refractivity contribution is 5.93. The van der Waals surface area contributed by atoms with Crippen molar-refractivity contribution in [1.82, 2.24) is 20.3 Å². The maximum atomic E-state index is 12.2. The monoisotopic (exact) mass is 364 g/mol. The van der Waals surface area contributed by atoms with Gasteiger partial charge in [0.1, 0.15) is 0 Å². The van der Waals surface area contributed by atoms with Crippen molar-refractivity contribution in [3.05, 3.63) is 71.9 Å². The molecular formula is C21H24N4O2. The second-order valence-corrected chi connectivity index (χ2v) is 6.90. The minimum absolute atomic E-state index is 0.0807. The lowest BCUT2D eigenvalue weighted by Gasteiger charge is -2.35. The summed E-state index contributed by atoms with van der Waals surface area (Å²) in [4.78, 5) is 17.7. The fraction of sp³-hybridized carbons (Fsp3) is 0.286. The molecule has 0 saturated carbocycles. The number of fused-ring (bicyclic) bond motifs is 1. The molecule has 1 aliphatic rings. The third-order valence-electron chi connectivity index (χ3n) is 5.08. The quantitative estimate of drug-likeness (QED) is 0.649. The van der Waals surface area contributed by atoms with E-state index in [0.717, 1.165) is 42.6 Å². The van der Waals surface area contributed by atoms with Crippen molar-refractivity contribution in [3.63, 3.8) is 0 Å². The molecule has 6 heteroatoms. The third kappa shape index (κ3) is 4.03. The molecule has 27 heavy (non-hydrogen) atoms. The lowest BCUT2D eigenvalue weighted by molar-refractivity contribution is 0.0452. The standard InChI is InChI=1S/C21H24N4O2/c26-20(18-14-22-19-9-5-4-8-17(18)19)15-24-10-12-25(13-11-24)23-21(27)16-6-2-1-3-7-16/h1-9,14,20,22,26H,10-13,15H2,(H,23,27). The van der Waals surface area contributed by atoms with E-state index in [9.17, 15) is 9.90 Å². The van der Waals surface area contributed by atoms with Crippen molar-refractivity contribution in [2.45, 2.75) is 6.10 Å². The Labute approximate surface area is 158 Å². The molecule has 3 aromatic rings. The summed E-state index contributed by atoms with van der Waals surface area (Å²) in [6.07, 6.45) is 1.36. The SMILES string of the molecule is O=C(NN1CCN(CC(O)c2c[nH]c3ccccc23)CC1)c1ccccc1. The van der Waals surface area contributed by atoms with Gasteiger partial charge in [0.25, 0.3) is 5.91 Å². The van der Waals surface area contributed by atoms with Gasteiger partial charge >= 0.3 is 0 Å². The van der Waals surface area contributed by atoms with Crippen LogP contribution in [0, 0.1) is 0 Å². The smallest absolute Gasteiger partial charge is 0.265 e. The molecule has 1 amide bonds. The van der Waals surface area contributed by atoms with E-state index in [0.29, 0.717) is 12.1 Å². The van der Waals surface area contributed by atoms with Crippen LogP contribution in [-0.2, 0) is 0 Å². The number of nitrogens with zero attached hydrogens (tertiary/aromatic N) is 2. The number of nitrogens with one attached hydrogen (secondary N) is 2. The molecule has 2 heterocycles. The fourth-order valence-corrected chi connectivity index (χ4v) is 3.55. The number of H-pyrrole nitrogens is 1. The summed E-state index contributed by atoms with van der Waals surface area (Å²) in [5.41, 5.74) is 5.60. The zero-order chi connectivity index (χ0) is 18.6. The Morgan fingerprint density at radius 1 is 1.04 bits per heavy atom. The normalized spacial score (nSPS) is 17.1. The number of aliphatic hydroxyl groups is 1. The molecule has 0 radical (unpaired) electrons. The number of para-hydroxylation sites is 1. The number of carbonyl (C=O) groups excluding carboxylic acids is 1. The minimum atomic E-state index is -0.536. The molecule has 1 atom stereocenters. The van der Waals surface area contributed by atoms with Gasteiger partial charge in [0, 0.05) is 61.0 Å². The van der Waals surface area contributed by atoms with Crippen molar-refractivity contribution in [1.29, 1.82) is 0 Å². The van der Waals surface area contributed by atoms with Crippen LogP contribution in [0.2, 0.25) is 0 Å². The summed E-state index contributed by atoms with van der Waals surface area (Å²) < 4.78 is 0. The Hall–Kier alpha value is -2.67. The number of amides is 1. The number of carbonyl (C=O) groups is 1. The van der Waals surface area contributed by atoms with E-state index in [1.54, 1.807) is 0 Å². The Kier molecular flexibility index (Phi) is 5.20. The highest BCUT2D eigenvalue weighted by atomic mass is 16.3. The number of aliphatic hydroxyl groups excluding tert-OH is 1. The first kappa shape index (κ1) is 17.7. The minimum Gasteiger partial charge on any atom is -0.387 e. The maximum Gasteiger partial charge on any atom is 0.265 e. The molecule has 6 nitrogen and oxygen atoms in total. The lowest BCUT2D eigenvalue weighted by Crippen LogP contribution is -2.54. The first-order valence-corrected chi connectivity index (χ1v) is 9.28. The van der Waals surface area contributed by atoms with Crippen molar-refractivity contribution in [3.8, 4) is 0 Å². The van der Waals surface area contributed by atoms with Gasteiger partial charge in [0.05, 0.1) is 6.10 Å². The molecule has 0 bridgehead atoms. The molecule has 140 valence electrons.